The number of hydrogen-bond acceptors (Lipinski definition) is 8. The lowest BCUT2D eigenvalue weighted by atomic mass is 10.2. The first-order valence-electron chi connectivity index (χ1n) is 7.81. The molecule has 3 aromatic rings. The molecule has 2 aromatic carbocycles. The van der Waals surface area contributed by atoms with Gasteiger partial charge in [0, 0.05) is 22.9 Å². The van der Waals surface area contributed by atoms with E-state index in [1.807, 2.05) is 0 Å². The van der Waals surface area contributed by atoms with Crippen LogP contribution in [0.1, 0.15) is 10.4 Å². The van der Waals surface area contributed by atoms with E-state index in [0.717, 1.165) is 17.8 Å². The molecule has 0 spiro atoms. The number of nitrogens with one attached hydrogen (secondary N) is 1. The fraction of sp³-hybridized carbons (Fsp3) is 0.0588. The summed E-state index contributed by atoms with van der Waals surface area (Å²) in [6.07, 6.45) is 1.20. The van der Waals surface area contributed by atoms with E-state index in [2.05, 4.69) is 15.5 Å². The Morgan fingerprint density at radius 1 is 1.25 bits per heavy atom. The van der Waals surface area contributed by atoms with Gasteiger partial charge < -0.3 is 15.5 Å². The van der Waals surface area contributed by atoms with Crippen molar-refractivity contribution in [3.05, 3.63) is 64.5 Å². The van der Waals surface area contributed by atoms with Crippen LogP contribution in [0, 0.1) is 10.1 Å². The maximum absolute atomic E-state index is 12.2. The number of nitro groups is 1. The van der Waals surface area contributed by atoms with E-state index in [4.69, 9.17) is 10.2 Å². The quantitative estimate of drug-likeness (QED) is 0.349. The lowest BCUT2D eigenvalue weighted by Gasteiger charge is -2.07. The maximum atomic E-state index is 12.2. The molecule has 0 bridgehead atoms. The maximum Gasteiger partial charge on any atom is 0.283 e. The molecule has 0 unspecified atom stereocenters. The van der Waals surface area contributed by atoms with Crippen LogP contribution in [-0.2, 0) is 4.79 Å². The summed E-state index contributed by atoms with van der Waals surface area (Å²) in [5.74, 6) is -0.878. The van der Waals surface area contributed by atoms with Crippen LogP contribution >= 0.6 is 11.8 Å². The van der Waals surface area contributed by atoms with Gasteiger partial charge in [0.2, 0.25) is 24.1 Å². The van der Waals surface area contributed by atoms with E-state index in [-0.39, 0.29) is 27.8 Å². The van der Waals surface area contributed by atoms with Gasteiger partial charge in [0.15, 0.2) is 0 Å². The van der Waals surface area contributed by atoms with Crippen LogP contribution in [0.15, 0.2) is 58.2 Å². The number of thioether (sulfide) groups is 1. The fourth-order valence-corrected chi connectivity index (χ4v) is 3.11. The Morgan fingerprint density at radius 2 is 2.07 bits per heavy atom. The summed E-state index contributed by atoms with van der Waals surface area (Å²) in [5, 5.41) is 21.3. The molecule has 1 heterocycles. The van der Waals surface area contributed by atoms with Crippen molar-refractivity contribution in [2.45, 2.75) is 4.90 Å². The summed E-state index contributed by atoms with van der Waals surface area (Å²) in [7, 11) is 0. The van der Waals surface area contributed by atoms with Gasteiger partial charge in [-0.3, -0.25) is 19.7 Å². The first-order valence-corrected chi connectivity index (χ1v) is 8.80. The molecule has 2 amide bonds. The molecular weight excluding hydrogens is 386 g/mol. The monoisotopic (exact) mass is 399 g/mol. The number of carbonyl (C=O) groups excluding carboxylic acids is 2. The van der Waals surface area contributed by atoms with Crippen LogP contribution < -0.4 is 11.1 Å². The molecular formula is C17H13N5O5S. The lowest BCUT2D eigenvalue weighted by molar-refractivity contribution is -0.387. The van der Waals surface area contributed by atoms with E-state index < -0.39 is 10.8 Å². The molecule has 142 valence electrons. The average Bonchev–Trinajstić information content (AvgIpc) is 3.21. The van der Waals surface area contributed by atoms with Crippen molar-refractivity contribution in [1.29, 1.82) is 0 Å². The zero-order valence-corrected chi connectivity index (χ0v) is 15.0. The summed E-state index contributed by atoms with van der Waals surface area (Å²) in [5.41, 5.74) is 6.04. The average molecular weight is 399 g/mol. The normalized spacial score (nSPS) is 10.4. The Balaban J connectivity index is 1.67. The highest BCUT2D eigenvalue weighted by molar-refractivity contribution is 8.00. The van der Waals surface area contributed by atoms with E-state index in [9.17, 15) is 19.7 Å². The van der Waals surface area contributed by atoms with Crippen molar-refractivity contribution in [2.24, 2.45) is 5.73 Å². The van der Waals surface area contributed by atoms with Crippen molar-refractivity contribution >= 4 is 35.0 Å². The van der Waals surface area contributed by atoms with Crippen LogP contribution in [0.3, 0.4) is 0 Å². The number of carbonyl (C=O) groups is 2. The first kappa shape index (κ1) is 19.0. The van der Waals surface area contributed by atoms with Gasteiger partial charge in [-0.25, -0.2) is 0 Å². The van der Waals surface area contributed by atoms with Gasteiger partial charge in [0.05, 0.1) is 15.6 Å². The van der Waals surface area contributed by atoms with Crippen LogP contribution in [0.4, 0.5) is 11.4 Å². The second-order valence-electron chi connectivity index (χ2n) is 5.47. The smallest absolute Gasteiger partial charge is 0.283 e. The molecule has 28 heavy (non-hydrogen) atoms. The summed E-state index contributed by atoms with van der Waals surface area (Å²) >= 11 is 0.978. The zero-order chi connectivity index (χ0) is 20.1. The topological polar surface area (TPSA) is 154 Å². The van der Waals surface area contributed by atoms with Crippen LogP contribution in [0.25, 0.3) is 11.5 Å². The minimum atomic E-state index is -0.765. The number of aromatic nitrogens is 2. The van der Waals surface area contributed by atoms with Gasteiger partial charge in [-0.1, -0.05) is 6.07 Å². The fourth-order valence-electron chi connectivity index (χ4n) is 2.30. The number of anilines is 1. The van der Waals surface area contributed by atoms with E-state index in [1.165, 1.54) is 18.5 Å². The Morgan fingerprint density at radius 3 is 2.75 bits per heavy atom. The second-order valence-corrected chi connectivity index (χ2v) is 6.48. The number of nitrogens with zero attached hydrogens (tertiary/aromatic N) is 3. The molecule has 0 fully saturated rings. The Hall–Kier alpha value is -3.73. The number of rotatable bonds is 7. The Labute approximate surface area is 162 Å². The van der Waals surface area contributed by atoms with Crippen molar-refractivity contribution in [2.75, 3.05) is 11.1 Å². The van der Waals surface area contributed by atoms with E-state index >= 15 is 0 Å². The highest BCUT2D eigenvalue weighted by Gasteiger charge is 2.18. The van der Waals surface area contributed by atoms with Gasteiger partial charge in [-0.05, 0) is 30.3 Å². The summed E-state index contributed by atoms with van der Waals surface area (Å²) in [4.78, 5) is 34.2. The van der Waals surface area contributed by atoms with Gasteiger partial charge >= 0.3 is 0 Å². The van der Waals surface area contributed by atoms with Gasteiger partial charge in [0.1, 0.15) is 0 Å². The largest absolute Gasteiger partial charge is 0.423 e. The van der Waals surface area contributed by atoms with Crippen molar-refractivity contribution in [3.63, 3.8) is 0 Å². The predicted molar refractivity (Wildman–Crippen MR) is 101 cm³/mol. The van der Waals surface area contributed by atoms with Crippen molar-refractivity contribution in [3.8, 4) is 11.5 Å². The third-order valence-corrected chi connectivity index (χ3v) is 4.61. The van der Waals surface area contributed by atoms with Gasteiger partial charge in [-0.15, -0.1) is 22.0 Å². The molecule has 0 saturated carbocycles. The minimum Gasteiger partial charge on any atom is -0.423 e. The highest BCUT2D eigenvalue weighted by Crippen LogP contribution is 2.30. The second kappa shape index (κ2) is 8.31. The highest BCUT2D eigenvalue weighted by atomic mass is 32.2. The lowest BCUT2D eigenvalue weighted by Crippen LogP contribution is -2.14. The van der Waals surface area contributed by atoms with Gasteiger partial charge in [-0.2, -0.15) is 0 Å². The molecule has 0 aliphatic carbocycles. The van der Waals surface area contributed by atoms with Crippen LogP contribution in [-0.4, -0.2) is 32.7 Å². The summed E-state index contributed by atoms with van der Waals surface area (Å²) in [6.45, 7) is 0. The van der Waals surface area contributed by atoms with E-state index in [0.29, 0.717) is 17.1 Å². The third kappa shape index (κ3) is 4.51. The number of primary amides is 1. The molecule has 3 N–H and O–H groups in total. The summed E-state index contributed by atoms with van der Waals surface area (Å²) < 4.78 is 5.11. The standard InChI is InChI=1S/C17H13N5O5S/c18-16(24)10-4-5-14(13(7-10)22(25)26)28-8-15(23)20-12-3-1-2-11(6-12)17-21-19-9-27-17/h1-7,9H,8H2,(H2,18,24)(H,20,23). The number of nitrogens with two attached hydrogens (primary N) is 1. The van der Waals surface area contributed by atoms with E-state index in [1.54, 1.807) is 24.3 Å². The molecule has 0 radical (unpaired) electrons. The molecule has 3 rings (SSSR count). The zero-order valence-electron chi connectivity index (χ0n) is 14.2. The number of nitro benzene ring substituents is 1. The molecule has 0 atom stereocenters. The van der Waals surface area contributed by atoms with Gasteiger partial charge in [0.25, 0.3) is 5.69 Å². The molecule has 1 aromatic heterocycles. The SMILES string of the molecule is NC(=O)c1ccc(SCC(=O)Nc2cccc(-c3nnco3)c2)c([N+](=O)[O-])c1. The number of benzene rings is 2. The van der Waals surface area contributed by atoms with Crippen LogP contribution in [0.5, 0.6) is 0 Å². The predicted octanol–water partition coefficient (Wildman–Crippen LogP) is 2.47. The number of amides is 2. The van der Waals surface area contributed by atoms with Crippen molar-refractivity contribution in [1.82, 2.24) is 10.2 Å². The van der Waals surface area contributed by atoms with Crippen LogP contribution in [0.2, 0.25) is 0 Å². The van der Waals surface area contributed by atoms with Crippen molar-refractivity contribution < 1.29 is 18.9 Å². The molecule has 10 nitrogen and oxygen atoms in total. The molecule has 0 aliphatic rings. The molecule has 0 aliphatic heterocycles. The number of hydrogen-bond donors (Lipinski definition) is 2. The Kier molecular flexibility index (Phi) is 5.65. The molecule has 0 saturated heterocycles. The Bertz CT molecular complexity index is 1040. The third-order valence-electron chi connectivity index (χ3n) is 3.55. The first-order chi connectivity index (χ1) is 13.4. The minimum absolute atomic E-state index is 0.0262. The molecule has 11 heteroatoms. The summed E-state index contributed by atoms with van der Waals surface area (Å²) in [6, 6.07) is 10.7.